The molecule has 0 bridgehead atoms. The zero-order chi connectivity index (χ0) is 12.4. The number of benzene rings is 1. The van der Waals surface area contributed by atoms with Crippen molar-refractivity contribution in [1.82, 2.24) is 0 Å². The number of hydrogen-bond donors (Lipinski definition) is 1. The largest absolute Gasteiger partial charge is 0.368 e. The second-order valence-corrected chi connectivity index (χ2v) is 5.66. The Morgan fingerprint density at radius 3 is 2.18 bits per heavy atom. The molecule has 1 saturated carbocycles. The minimum Gasteiger partial charge on any atom is -0.368 e. The standard InChI is InChI=1S/C15H24N2/c1-11(2)10-17(15-8-9-15)14-6-4-13(5-7-14)12(3)16/h4-7,11-12,15H,8-10,16H2,1-3H3/t12-/m0/s1. The van der Waals surface area contributed by atoms with Gasteiger partial charge in [0.15, 0.2) is 0 Å². The highest BCUT2D eigenvalue weighted by Gasteiger charge is 2.29. The minimum atomic E-state index is 0.128. The monoisotopic (exact) mass is 232 g/mol. The van der Waals surface area contributed by atoms with Gasteiger partial charge in [-0.3, -0.25) is 0 Å². The van der Waals surface area contributed by atoms with E-state index in [-0.39, 0.29) is 6.04 Å². The van der Waals surface area contributed by atoms with Crippen LogP contribution in [0.1, 0.15) is 45.2 Å². The van der Waals surface area contributed by atoms with Crippen LogP contribution in [0.15, 0.2) is 24.3 Å². The molecule has 0 heterocycles. The Morgan fingerprint density at radius 2 is 1.76 bits per heavy atom. The SMILES string of the molecule is CC(C)CN(c1ccc([C@H](C)N)cc1)C1CC1. The summed E-state index contributed by atoms with van der Waals surface area (Å²) in [5.74, 6) is 0.712. The zero-order valence-electron chi connectivity index (χ0n) is 11.2. The fraction of sp³-hybridized carbons (Fsp3) is 0.600. The minimum absolute atomic E-state index is 0.128. The van der Waals surface area contributed by atoms with E-state index in [0.29, 0.717) is 5.92 Å². The number of anilines is 1. The summed E-state index contributed by atoms with van der Waals surface area (Å²) in [5.41, 5.74) is 8.45. The smallest absolute Gasteiger partial charge is 0.0369 e. The van der Waals surface area contributed by atoms with Crippen LogP contribution < -0.4 is 10.6 Å². The second kappa shape index (κ2) is 5.09. The van der Waals surface area contributed by atoms with Crippen molar-refractivity contribution in [3.8, 4) is 0 Å². The summed E-state index contributed by atoms with van der Waals surface area (Å²) in [6, 6.07) is 9.67. The first-order valence-electron chi connectivity index (χ1n) is 6.70. The fourth-order valence-corrected chi connectivity index (χ4v) is 2.21. The van der Waals surface area contributed by atoms with E-state index in [1.807, 2.05) is 6.92 Å². The molecule has 17 heavy (non-hydrogen) atoms. The predicted molar refractivity (Wildman–Crippen MR) is 74.3 cm³/mol. The van der Waals surface area contributed by atoms with Crippen LogP contribution in [0.4, 0.5) is 5.69 Å². The fourth-order valence-electron chi connectivity index (χ4n) is 2.21. The summed E-state index contributed by atoms with van der Waals surface area (Å²) in [7, 11) is 0. The molecule has 94 valence electrons. The molecule has 0 aromatic heterocycles. The maximum absolute atomic E-state index is 5.88. The quantitative estimate of drug-likeness (QED) is 0.843. The van der Waals surface area contributed by atoms with Crippen molar-refractivity contribution in [3.05, 3.63) is 29.8 Å². The Kier molecular flexibility index (Phi) is 3.72. The topological polar surface area (TPSA) is 29.3 Å². The van der Waals surface area contributed by atoms with Crippen molar-refractivity contribution in [3.63, 3.8) is 0 Å². The molecular weight excluding hydrogens is 208 g/mol. The Hall–Kier alpha value is -1.02. The van der Waals surface area contributed by atoms with Crippen molar-refractivity contribution in [2.75, 3.05) is 11.4 Å². The average Bonchev–Trinajstić information content (AvgIpc) is 3.09. The molecule has 0 radical (unpaired) electrons. The molecular formula is C15H24N2. The first kappa shape index (κ1) is 12.4. The van der Waals surface area contributed by atoms with Gasteiger partial charge < -0.3 is 10.6 Å². The van der Waals surface area contributed by atoms with E-state index in [4.69, 9.17) is 5.73 Å². The lowest BCUT2D eigenvalue weighted by Crippen LogP contribution is -2.29. The van der Waals surface area contributed by atoms with Gasteiger partial charge in [-0.15, -0.1) is 0 Å². The predicted octanol–water partition coefficient (Wildman–Crippen LogP) is 3.33. The first-order valence-corrected chi connectivity index (χ1v) is 6.70. The van der Waals surface area contributed by atoms with E-state index in [1.54, 1.807) is 0 Å². The summed E-state index contributed by atoms with van der Waals surface area (Å²) in [6.45, 7) is 7.75. The Morgan fingerprint density at radius 1 is 1.18 bits per heavy atom. The summed E-state index contributed by atoms with van der Waals surface area (Å²) >= 11 is 0. The average molecular weight is 232 g/mol. The third-order valence-corrected chi connectivity index (χ3v) is 3.30. The maximum atomic E-state index is 5.88. The van der Waals surface area contributed by atoms with Gasteiger partial charge in [0.25, 0.3) is 0 Å². The molecule has 0 saturated heterocycles. The first-order chi connectivity index (χ1) is 8.08. The summed E-state index contributed by atoms with van der Waals surface area (Å²) in [4.78, 5) is 2.55. The Bertz CT molecular complexity index is 350. The van der Waals surface area contributed by atoms with Crippen LogP contribution in [0, 0.1) is 5.92 Å². The lowest BCUT2D eigenvalue weighted by Gasteiger charge is -2.27. The highest BCUT2D eigenvalue weighted by molar-refractivity contribution is 5.50. The summed E-state index contributed by atoms with van der Waals surface area (Å²) < 4.78 is 0. The lowest BCUT2D eigenvalue weighted by molar-refractivity contribution is 0.607. The van der Waals surface area contributed by atoms with Crippen molar-refractivity contribution < 1.29 is 0 Å². The molecule has 1 atom stereocenters. The molecule has 0 amide bonds. The van der Waals surface area contributed by atoms with Crippen molar-refractivity contribution in [2.24, 2.45) is 11.7 Å². The zero-order valence-corrected chi connectivity index (χ0v) is 11.2. The van der Waals surface area contributed by atoms with E-state index < -0.39 is 0 Å². The molecule has 1 aliphatic carbocycles. The highest BCUT2D eigenvalue weighted by Crippen LogP contribution is 2.32. The lowest BCUT2D eigenvalue weighted by atomic mass is 10.1. The van der Waals surface area contributed by atoms with Crippen molar-refractivity contribution >= 4 is 5.69 Å². The molecule has 1 aromatic carbocycles. The number of rotatable bonds is 5. The molecule has 2 rings (SSSR count). The third kappa shape index (κ3) is 3.22. The normalized spacial score (nSPS) is 17.2. The van der Waals surface area contributed by atoms with Crippen LogP contribution in [0.5, 0.6) is 0 Å². The summed E-state index contributed by atoms with van der Waals surface area (Å²) in [6.07, 6.45) is 2.70. The molecule has 2 heteroatoms. The number of nitrogens with two attached hydrogens (primary N) is 1. The maximum Gasteiger partial charge on any atom is 0.0369 e. The van der Waals surface area contributed by atoms with Crippen LogP contribution >= 0.6 is 0 Å². The summed E-state index contributed by atoms with van der Waals surface area (Å²) in [5, 5.41) is 0. The van der Waals surface area contributed by atoms with Crippen molar-refractivity contribution in [1.29, 1.82) is 0 Å². The van der Waals surface area contributed by atoms with Gasteiger partial charge in [-0.05, 0) is 43.4 Å². The molecule has 0 unspecified atom stereocenters. The highest BCUT2D eigenvalue weighted by atomic mass is 15.2. The van der Waals surface area contributed by atoms with Crippen molar-refractivity contribution in [2.45, 2.75) is 45.7 Å². The van der Waals surface area contributed by atoms with E-state index >= 15 is 0 Å². The van der Waals surface area contributed by atoms with Gasteiger partial charge in [0.1, 0.15) is 0 Å². The van der Waals surface area contributed by atoms with E-state index in [1.165, 1.54) is 24.1 Å². The van der Waals surface area contributed by atoms with Gasteiger partial charge in [-0.2, -0.15) is 0 Å². The van der Waals surface area contributed by atoms with Gasteiger partial charge in [0, 0.05) is 24.3 Å². The molecule has 2 N–H and O–H groups in total. The van der Waals surface area contributed by atoms with E-state index in [0.717, 1.165) is 12.6 Å². The van der Waals surface area contributed by atoms with Crippen LogP contribution in [0.25, 0.3) is 0 Å². The van der Waals surface area contributed by atoms with Crippen LogP contribution in [0.3, 0.4) is 0 Å². The van der Waals surface area contributed by atoms with Gasteiger partial charge in [0.2, 0.25) is 0 Å². The van der Waals surface area contributed by atoms with Gasteiger partial charge >= 0.3 is 0 Å². The second-order valence-electron chi connectivity index (χ2n) is 5.66. The van der Waals surface area contributed by atoms with Gasteiger partial charge in [-0.25, -0.2) is 0 Å². The Labute approximate surface area is 105 Å². The van der Waals surface area contributed by atoms with Gasteiger partial charge in [-0.1, -0.05) is 26.0 Å². The molecule has 0 aliphatic heterocycles. The third-order valence-electron chi connectivity index (χ3n) is 3.30. The molecule has 1 fully saturated rings. The number of hydrogen-bond acceptors (Lipinski definition) is 2. The number of nitrogens with zero attached hydrogens (tertiary/aromatic N) is 1. The Balaban J connectivity index is 2.12. The van der Waals surface area contributed by atoms with Crippen LogP contribution in [-0.4, -0.2) is 12.6 Å². The molecule has 1 aromatic rings. The molecule has 1 aliphatic rings. The van der Waals surface area contributed by atoms with Crippen LogP contribution in [-0.2, 0) is 0 Å². The molecule has 2 nitrogen and oxygen atoms in total. The van der Waals surface area contributed by atoms with Crippen LogP contribution in [0.2, 0.25) is 0 Å². The van der Waals surface area contributed by atoms with E-state index in [9.17, 15) is 0 Å². The van der Waals surface area contributed by atoms with E-state index in [2.05, 4.69) is 43.0 Å². The molecule has 0 spiro atoms. The van der Waals surface area contributed by atoms with Gasteiger partial charge in [0.05, 0.1) is 0 Å².